The van der Waals surface area contributed by atoms with Crippen molar-refractivity contribution in [1.29, 1.82) is 5.26 Å². The highest BCUT2D eigenvalue weighted by Crippen LogP contribution is 2.29. The predicted molar refractivity (Wildman–Crippen MR) is 136 cm³/mol. The highest BCUT2D eigenvalue weighted by Gasteiger charge is 2.22. The number of hydrogen-bond acceptors (Lipinski definition) is 7. The summed E-state index contributed by atoms with van der Waals surface area (Å²) < 4.78 is 0. The van der Waals surface area contributed by atoms with E-state index in [4.69, 9.17) is 0 Å². The van der Waals surface area contributed by atoms with Crippen LogP contribution < -0.4 is 10.6 Å². The van der Waals surface area contributed by atoms with Crippen molar-refractivity contribution in [1.82, 2.24) is 19.9 Å². The summed E-state index contributed by atoms with van der Waals surface area (Å²) in [6.07, 6.45) is 6.66. The van der Waals surface area contributed by atoms with E-state index in [0.717, 1.165) is 33.9 Å². The molecule has 0 radical (unpaired) electrons. The van der Waals surface area contributed by atoms with Crippen LogP contribution in [0, 0.1) is 18.3 Å². The Hall–Kier alpha value is -4.64. The molecule has 35 heavy (non-hydrogen) atoms. The number of pyridine rings is 4. The van der Waals surface area contributed by atoms with Gasteiger partial charge in [-0.2, -0.15) is 5.26 Å². The lowest BCUT2D eigenvalue weighted by molar-refractivity contribution is 0.102. The molecule has 0 aromatic carbocycles. The summed E-state index contributed by atoms with van der Waals surface area (Å²) in [5.74, 6) is 0.459. The maximum absolute atomic E-state index is 12.9. The molecule has 4 heterocycles. The zero-order chi connectivity index (χ0) is 25.0. The summed E-state index contributed by atoms with van der Waals surface area (Å²) in [4.78, 5) is 30.5. The van der Waals surface area contributed by atoms with E-state index in [1.807, 2.05) is 44.3 Å². The Labute approximate surface area is 204 Å². The Morgan fingerprint density at radius 1 is 0.943 bits per heavy atom. The summed E-state index contributed by atoms with van der Waals surface area (Å²) >= 11 is 0. The highest BCUT2D eigenvalue weighted by molar-refractivity contribution is 6.04. The molecular formula is C27H25N7O. The molecule has 2 N–H and O–H groups in total. The van der Waals surface area contributed by atoms with Gasteiger partial charge in [-0.05, 0) is 68.8 Å². The molecule has 0 saturated heterocycles. The van der Waals surface area contributed by atoms with Gasteiger partial charge in [0.2, 0.25) is 0 Å². The summed E-state index contributed by atoms with van der Waals surface area (Å²) in [5, 5.41) is 15.3. The summed E-state index contributed by atoms with van der Waals surface area (Å²) in [6.45, 7) is 5.45. The van der Waals surface area contributed by atoms with Gasteiger partial charge in [0.25, 0.3) is 5.91 Å². The highest BCUT2D eigenvalue weighted by atomic mass is 16.1. The first-order valence-corrected chi connectivity index (χ1v) is 11.1. The van der Waals surface area contributed by atoms with Crippen LogP contribution in [0.2, 0.25) is 0 Å². The van der Waals surface area contributed by atoms with Crippen molar-refractivity contribution in [3.63, 3.8) is 0 Å². The van der Waals surface area contributed by atoms with Gasteiger partial charge in [0.15, 0.2) is 0 Å². The number of nitrogens with one attached hydrogen (secondary N) is 2. The van der Waals surface area contributed by atoms with Gasteiger partial charge in [0.1, 0.15) is 5.82 Å². The van der Waals surface area contributed by atoms with Crippen LogP contribution in [0.5, 0.6) is 0 Å². The number of aromatic nitrogens is 4. The van der Waals surface area contributed by atoms with Gasteiger partial charge < -0.3 is 10.6 Å². The van der Waals surface area contributed by atoms with Crippen LogP contribution in [-0.4, -0.2) is 32.9 Å². The van der Waals surface area contributed by atoms with Gasteiger partial charge in [0.05, 0.1) is 34.8 Å². The molecule has 0 atom stereocenters. The van der Waals surface area contributed by atoms with Crippen LogP contribution in [0.25, 0.3) is 22.4 Å². The van der Waals surface area contributed by atoms with Crippen LogP contribution >= 0.6 is 0 Å². The third-order valence-corrected chi connectivity index (χ3v) is 5.67. The van der Waals surface area contributed by atoms with Crippen molar-refractivity contribution in [2.24, 2.45) is 0 Å². The van der Waals surface area contributed by atoms with Crippen LogP contribution in [0.15, 0.2) is 67.3 Å². The molecule has 0 aliphatic carbocycles. The molecule has 174 valence electrons. The Morgan fingerprint density at radius 3 is 2.46 bits per heavy atom. The molecule has 4 aromatic heterocycles. The third kappa shape index (κ3) is 5.14. The molecule has 0 aliphatic heterocycles. The molecule has 1 amide bonds. The zero-order valence-corrected chi connectivity index (χ0v) is 20.0. The molecule has 0 saturated carbocycles. The van der Waals surface area contributed by atoms with Crippen LogP contribution in [0.1, 0.15) is 35.6 Å². The molecule has 8 heteroatoms. The quantitative estimate of drug-likeness (QED) is 0.413. The van der Waals surface area contributed by atoms with Crippen molar-refractivity contribution in [2.45, 2.75) is 26.2 Å². The molecule has 0 bridgehead atoms. The smallest absolute Gasteiger partial charge is 0.255 e. The number of amides is 1. The van der Waals surface area contributed by atoms with E-state index in [0.29, 0.717) is 16.9 Å². The van der Waals surface area contributed by atoms with Gasteiger partial charge in [0, 0.05) is 48.0 Å². The monoisotopic (exact) mass is 463 g/mol. The number of hydrogen-bond donors (Lipinski definition) is 2. The minimum Gasteiger partial charge on any atom is -0.373 e. The summed E-state index contributed by atoms with van der Waals surface area (Å²) in [5.41, 5.74) is 5.12. The van der Waals surface area contributed by atoms with E-state index in [2.05, 4.69) is 36.6 Å². The van der Waals surface area contributed by atoms with Crippen molar-refractivity contribution < 1.29 is 4.79 Å². The van der Waals surface area contributed by atoms with Crippen LogP contribution in [0.4, 0.5) is 11.5 Å². The third-order valence-electron chi connectivity index (χ3n) is 5.67. The van der Waals surface area contributed by atoms with E-state index in [9.17, 15) is 10.1 Å². The van der Waals surface area contributed by atoms with Gasteiger partial charge in [-0.25, -0.2) is 4.98 Å². The molecule has 4 aromatic rings. The second-order valence-electron chi connectivity index (χ2n) is 8.59. The van der Waals surface area contributed by atoms with E-state index < -0.39 is 5.41 Å². The van der Waals surface area contributed by atoms with Gasteiger partial charge in [-0.1, -0.05) is 0 Å². The Bertz CT molecular complexity index is 1440. The fraction of sp³-hybridized carbons (Fsp3) is 0.185. The molecule has 4 rings (SSSR count). The Morgan fingerprint density at radius 2 is 1.69 bits per heavy atom. The van der Waals surface area contributed by atoms with Crippen molar-refractivity contribution >= 4 is 17.4 Å². The van der Waals surface area contributed by atoms with Crippen LogP contribution in [0.3, 0.4) is 0 Å². The lowest BCUT2D eigenvalue weighted by atomic mass is 9.90. The molecule has 0 spiro atoms. The Balaban J connectivity index is 1.62. The first kappa shape index (κ1) is 23.5. The van der Waals surface area contributed by atoms with E-state index in [-0.39, 0.29) is 5.91 Å². The minimum absolute atomic E-state index is 0.300. The minimum atomic E-state index is -0.795. The molecule has 0 aliphatic rings. The average Bonchev–Trinajstić information content (AvgIpc) is 2.90. The van der Waals surface area contributed by atoms with Gasteiger partial charge in [-0.3, -0.25) is 19.7 Å². The predicted octanol–water partition coefficient (Wildman–Crippen LogP) is 5.00. The van der Waals surface area contributed by atoms with Crippen molar-refractivity contribution in [3.8, 4) is 28.5 Å². The summed E-state index contributed by atoms with van der Waals surface area (Å²) in [7, 11) is 1.82. The molecule has 8 nitrogen and oxygen atoms in total. The maximum atomic E-state index is 12.9. The second-order valence-corrected chi connectivity index (χ2v) is 8.59. The van der Waals surface area contributed by atoms with Crippen molar-refractivity contribution in [2.75, 3.05) is 17.7 Å². The van der Waals surface area contributed by atoms with Gasteiger partial charge >= 0.3 is 0 Å². The van der Waals surface area contributed by atoms with E-state index in [1.54, 1.807) is 50.8 Å². The summed E-state index contributed by atoms with van der Waals surface area (Å²) in [6, 6.07) is 15.1. The number of rotatable bonds is 6. The maximum Gasteiger partial charge on any atom is 0.255 e. The largest absolute Gasteiger partial charge is 0.373 e. The first-order chi connectivity index (χ1) is 16.8. The molecule has 0 unspecified atom stereocenters. The normalized spacial score (nSPS) is 10.9. The second kappa shape index (κ2) is 9.69. The first-order valence-electron chi connectivity index (χ1n) is 11.1. The molecule has 0 fully saturated rings. The lowest BCUT2D eigenvalue weighted by Crippen LogP contribution is -2.18. The zero-order valence-electron chi connectivity index (χ0n) is 20.0. The number of carbonyl (C=O) groups excluding carboxylic acids is 1. The fourth-order valence-electron chi connectivity index (χ4n) is 3.55. The van der Waals surface area contributed by atoms with E-state index >= 15 is 0 Å². The van der Waals surface area contributed by atoms with Gasteiger partial charge in [-0.15, -0.1) is 0 Å². The SMILES string of the molecule is CNc1cc(-c2cc(-c3cc(NC(=O)c4ccnc(C(C)(C)C#N)c4)cnc3C)ccn2)ccn1. The average molecular weight is 464 g/mol. The van der Waals surface area contributed by atoms with E-state index in [1.165, 1.54) is 0 Å². The molecular weight excluding hydrogens is 438 g/mol. The number of nitriles is 1. The number of aryl methyl sites for hydroxylation is 1. The Kier molecular flexibility index (Phi) is 6.51. The number of anilines is 2. The number of carbonyl (C=O) groups is 1. The van der Waals surface area contributed by atoms with Crippen molar-refractivity contribution in [3.05, 3.63) is 84.2 Å². The fourth-order valence-corrected chi connectivity index (χ4v) is 3.55. The standard InChI is InChI=1S/C27H25N7O/c1-17-22(18-5-8-30-23(11-18)19-6-10-32-25(13-19)29-4)14-21(15-33-17)34-26(35)20-7-9-31-24(12-20)27(2,3)16-28/h5-15H,1-4H3,(H,29,32)(H,34,35). The lowest BCUT2D eigenvalue weighted by Gasteiger charge is -2.15. The topological polar surface area (TPSA) is 116 Å². The van der Waals surface area contributed by atoms with Crippen LogP contribution in [-0.2, 0) is 5.41 Å². The number of nitrogens with zero attached hydrogens (tertiary/aromatic N) is 5.